The van der Waals surface area contributed by atoms with E-state index >= 15 is 0 Å². The number of halogens is 1. The standard InChI is InChI=1S/C15H26FNO2/c1-2-3-11-4-6-12(7-5-11)13-8-9-15(17(18)19)14(16)10-13/h11-15H,2-10H2,1H3. The molecule has 2 aliphatic rings. The van der Waals surface area contributed by atoms with Gasteiger partial charge in [-0.15, -0.1) is 0 Å². The second kappa shape index (κ2) is 6.67. The maximum atomic E-state index is 13.9. The second-order valence-corrected chi connectivity index (χ2v) is 6.51. The summed E-state index contributed by atoms with van der Waals surface area (Å²) < 4.78 is 13.9. The van der Waals surface area contributed by atoms with Gasteiger partial charge >= 0.3 is 0 Å². The fourth-order valence-electron chi connectivity index (χ4n) is 4.15. The molecule has 0 spiro atoms. The van der Waals surface area contributed by atoms with Gasteiger partial charge in [0.25, 0.3) is 0 Å². The summed E-state index contributed by atoms with van der Waals surface area (Å²) in [5, 5.41) is 10.7. The summed E-state index contributed by atoms with van der Waals surface area (Å²) in [4.78, 5) is 10.3. The Morgan fingerprint density at radius 2 is 1.74 bits per heavy atom. The summed E-state index contributed by atoms with van der Waals surface area (Å²) in [6.45, 7) is 2.23. The van der Waals surface area contributed by atoms with Crippen molar-refractivity contribution in [2.45, 2.75) is 76.9 Å². The van der Waals surface area contributed by atoms with E-state index in [1.807, 2.05) is 0 Å². The lowest BCUT2D eigenvalue weighted by atomic mass is 9.69. The Kier molecular flexibility index (Phi) is 5.17. The third-order valence-electron chi connectivity index (χ3n) is 5.30. The van der Waals surface area contributed by atoms with E-state index in [4.69, 9.17) is 0 Å². The molecule has 0 heterocycles. The SMILES string of the molecule is CCCC1CCC(C2CCC([N+](=O)[O-])C(F)C2)CC1. The van der Waals surface area contributed by atoms with Crippen molar-refractivity contribution in [1.82, 2.24) is 0 Å². The zero-order chi connectivity index (χ0) is 13.8. The van der Waals surface area contributed by atoms with E-state index in [9.17, 15) is 14.5 Å². The van der Waals surface area contributed by atoms with Gasteiger partial charge in [0.1, 0.15) is 0 Å². The van der Waals surface area contributed by atoms with Crippen molar-refractivity contribution < 1.29 is 9.31 Å². The third kappa shape index (κ3) is 3.67. The Morgan fingerprint density at radius 3 is 2.26 bits per heavy atom. The van der Waals surface area contributed by atoms with Crippen molar-refractivity contribution in [1.29, 1.82) is 0 Å². The van der Waals surface area contributed by atoms with E-state index in [-0.39, 0.29) is 0 Å². The highest BCUT2D eigenvalue weighted by Gasteiger charge is 2.41. The summed E-state index contributed by atoms with van der Waals surface area (Å²) in [6, 6.07) is -0.937. The van der Waals surface area contributed by atoms with Gasteiger partial charge in [0.15, 0.2) is 6.17 Å². The molecule has 110 valence electrons. The summed E-state index contributed by atoms with van der Waals surface area (Å²) in [5.41, 5.74) is 0. The van der Waals surface area contributed by atoms with Crippen molar-refractivity contribution in [2.24, 2.45) is 17.8 Å². The van der Waals surface area contributed by atoms with Crippen LogP contribution in [-0.2, 0) is 0 Å². The van der Waals surface area contributed by atoms with E-state index in [1.165, 1.54) is 38.5 Å². The van der Waals surface area contributed by atoms with Gasteiger partial charge in [-0.3, -0.25) is 10.1 Å². The summed E-state index contributed by atoms with van der Waals surface area (Å²) in [5.74, 6) is 1.89. The zero-order valence-electron chi connectivity index (χ0n) is 11.9. The molecular formula is C15H26FNO2. The van der Waals surface area contributed by atoms with Crippen LogP contribution in [0.4, 0.5) is 4.39 Å². The first kappa shape index (κ1) is 14.7. The van der Waals surface area contributed by atoms with E-state index in [0.29, 0.717) is 24.7 Å². The predicted octanol–water partition coefficient (Wildman–Crippen LogP) is 4.38. The minimum atomic E-state index is -1.22. The van der Waals surface area contributed by atoms with Crippen molar-refractivity contribution >= 4 is 0 Å². The van der Waals surface area contributed by atoms with Gasteiger partial charge in [-0.2, -0.15) is 0 Å². The topological polar surface area (TPSA) is 43.1 Å². The number of hydrogen-bond donors (Lipinski definition) is 0. The van der Waals surface area contributed by atoms with Gasteiger partial charge in [-0.25, -0.2) is 4.39 Å². The number of rotatable bonds is 4. The monoisotopic (exact) mass is 271 g/mol. The Labute approximate surface area is 115 Å². The van der Waals surface area contributed by atoms with Crippen LogP contribution in [0, 0.1) is 27.9 Å². The van der Waals surface area contributed by atoms with Crippen molar-refractivity contribution in [3.8, 4) is 0 Å². The molecule has 0 radical (unpaired) electrons. The number of hydrogen-bond acceptors (Lipinski definition) is 2. The maximum absolute atomic E-state index is 13.9. The molecule has 0 saturated heterocycles. The lowest BCUT2D eigenvalue weighted by molar-refractivity contribution is -0.535. The van der Waals surface area contributed by atoms with E-state index < -0.39 is 17.1 Å². The molecule has 2 rings (SSSR count). The highest BCUT2D eigenvalue weighted by molar-refractivity contribution is 4.86. The molecule has 0 amide bonds. The highest BCUT2D eigenvalue weighted by atomic mass is 19.1. The molecule has 4 heteroatoms. The number of nitrogens with zero attached hydrogens (tertiary/aromatic N) is 1. The molecule has 0 aromatic rings. The van der Waals surface area contributed by atoms with Crippen LogP contribution >= 0.6 is 0 Å². The fraction of sp³-hybridized carbons (Fsp3) is 1.00. The summed E-state index contributed by atoms with van der Waals surface area (Å²) in [7, 11) is 0. The predicted molar refractivity (Wildman–Crippen MR) is 73.4 cm³/mol. The average molecular weight is 271 g/mol. The highest BCUT2D eigenvalue weighted by Crippen LogP contribution is 2.42. The second-order valence-electron chi connectivity index (χ2n) is 6.51. The van der Waals surface area contributed by atoms with Crippen LogP contribution in [0.5, 0.6) is 0 Å². The first-order valence-electron chi connectivity index (χ1n) is 7.89. The van der Waals surface area contributed by atoms with E-state index in [2.05, 4.69) is 6.92 Å². The van der Waals surface area contributed by atoms with Crippen LogP contribution in [0.15, 0.2) is 0 Å². The first-order chi connectivity index (χ1) is 9.11. The number of nitro groups is 1. The van der Waals surface area contributed by atoms with Gasteiger partial charge < -0.3 is 0 Å². The zero-order valence-corrected chi connectivity index (χ0v) is 11.9. The van der Waals surface area contributed by atoms with E-state index in [0.717, 1.165) is 12.3 Å². The molecule has 0 N–H and O–H groups in total. The molecule has 0 aliphatic heterocycles. The van der Waals surface area contributed by atoms with Gasteiger partial charge in [0, 0.05) is 11.3 Å². The minimum Gasteiger partial charge on any atom is -0.264 e. The molecule has 3 unspecified atom stereocenters. The van der Waals surface area contributed by atoms with Crippen molar-refractivity contribution in [3.05, 3.63) is 10.1 Å². The smallest absolute Gasteiger partial charge is 0.243 e. The van der Waals surface area contributed by atoms with Crippen LogP contribution < -0.4 is 0 Å². The fourth-order valence-corrected chi connectivity index (χ4v) is 4.15. The largest absolute Gasteiger partial charge is 0.264 e. The normalized spacial score (nSPS) is 40.0. The molecule has 0 bridgehead atoms. The van der Waals surface area contributed by atoms with Crippen molar-refractivity contribution in [2.75, 3.05) is 0 Å². The molecule has 2 fully saturated rings. The Morgan fingerprint density at radius 1 is 1.11 bits per heavy atom. The molecule has 0 aromatic carbocycles. The van der Waals surface area contributed by atoms with Crippen LogP contribution in [-0.4, -0.2) is 17.1 Å². The van der Waals surface area contributed by atoms with Crippen LogP contribution in [0.2, 0.25) is 0 Å². The van der Waals surface area contributed by atoms with Crippen molar-refractivity contribution in [3.63, 3.8) is 0 Å². The minimum absolute atomic E-state index is 0.397. The molecule has 0 aromatic heterocycles. The third-order valence-corrected chi connectivity index (χ3v) is 5.30. The van der Waals surface area contributed by atoms with Gasteiger partial charge in [0.2, 0.25) is 6.04 Å². The van der Waals surface area contributed by atoms with E-state index in [1.54, 1.807) is 0 Å². The maximum Gasteiger partial charge on any atom is 0.243 e. The van der Waals surface area contributed by atoms with Crippen LogP contribution in [0.25, 0.3) is 0 Å². The molecule has 2 saturated carbocycles. The quantitative estimate of drug-likeness (QED) is 0.562. The van der Waals surface area contributed by atoms with Crippen LogP contribution in [0.1, 0.15) is 64.7 Å². The Bertz CT molecular complexity index is 303. The summed E-state index contributed by atoms with van der Waals surface area (Å²) >= 11 is 0. The van der Waals surface area contributed by atoms with Gasteiger partial charge in [-0.1, -0.05) is 32.6 Å². The number of alkyl halides is 1. The lowest BCUT2D eigenvalue weighted by Crippen LogP contribution is -2.39. The average Bonchev–Trinajstić information content (AvgIpc) is 2.39. The molecule has 19 heavy (non-hydrogen) atoms. The van der Waals surface area contributed by atoms with Gasteiger partial charge in [-0.05, 0) is 43.4 Å². The molecular weight excluding hydrogens is 245 g/mol. The van der Waals surface area contributed by atoms with Crippen LogP contribution in [0.3, 0.4) is 0 Å². The Hall–Kier alpha value is -0.670. The molecule has 3 nitrogen and oxygen atoms in total. The molecule has 3 atom stereocenters. The Balaban J connectivity index is 1.80. The van der Waals surface area contributed by atoms with Gasteiger partial charge in [0.05, 0.1) is 0 Å². The first-order valence-corrected chi connectivity index (χ1v) is 7.89. The summed E-state index contributed by atoms with van der Waals surface area (Å²) in [6.07, 6.45) is 8.08. The lowest BCUT2D eigenvalue weighted by Gasteiger charge is -2.37. The molecule has 2 aliphatic carbocycles.